The van der Waals surface area contributed by atoms with E-state index in [9.17, 15) is 4.39 Å². The molecule has 0 radical (unpaired) electrons. The molecule has 0 fully saturated rings. The third-order valence-corrected chi connectivity index (χ3v) is 2.70. The largest absolute Gasteiger partial charge is 0.381 e. The lowest BCUT2D eigenvalue weighted by Gasteiger charge is -2.08. The Hall–Kier alpha value is -2.85. The fraction of sp³-hybridized carbons (Fsp3) is 0.0667. The predicted octanol–water partition coefficient (Wildman–Crippen LogP) is 3.18. The van der Waals surface area contributed by atoms with Gasteiger partial charge < -0.3 is 5.32 Å². The van der Waals surface area contributed by atoms with E-state index in [1.807, 2.05) is 12.1 Å². The Balaban J connectivity index is 2.11. The van der Waals surface area contributed by atoms with Gasteiger partial charge in [0.1, 0.15) is 11.9 Å². The maximum Gasteiger partial charge on any atom is 0.145 e. The lowest BCUT2D eigenvalue weighted by molar-refractivity contribution is 0.609. The molecule has 2 aromatic rings. The molecule has 2 aromatic carbocycles. The monoisotopic (exact) mass is 251 g/mol. The molecule has 0 aliphatic carbocycles. The zero-order valence-corrected chi connectivity index (χ0v) is 10.0. The molecule has 0 spiro atoms. The van der Waals surface area contributed by atoms with E-state index in [1.54, 1.807) is 36.4 Å². The first-order valence-corrected chi connectivity index (χ1v) is 5.66. The minimum atomic E-state index is -0.494. The molecule has 0 amide bonds. The smallest absolute Gasteiger partial charge is 0.145 e. The topological polar surface area (TPSA) is 59.6 Å². The van der Waals surface area contributed by atoms with Gasteiger partial charge in [-0.15, -0.1) is 0 Å². The summed E-state index contributed by atoms with van der Waals surface area (Å²) in [5.41, 5.74) is 1.84. The molecule has 0 bridgehead atoms. The number of benzene rings is 2. The van der Waals surface area contributed by atoms with E-state index in [-0.39, 0.29) is 12.1 Å². The third kappa shape index (κ3) is 2.88. The number of anilines is 1. The second-order valence-electron chi connectivity index (χ2n) is 3.93. The predicted molar refractivity (Wildman–Crippen MR) is 69.6 cm³/mol. The lowest BCUT2D eigenvalue weighted by atomic mass is 10.1. The van der Waals surface area contributed by atoms with Crippen LogP contribution < -0.4 is 5.32 Å². The van der Waals surface area contributed by atoms with Gasteiger partial charge in [0.15, 0.2) is 0 Å². The van der Waals surface area contributed by atoms with Gasteiger partial charge in [-0.1, -0.05) is 12.1 Å². The zero-order chi connectivity index (χ0) is 13.7. The van der Waals surface area contributed by atoms with Crippen LogP contribution in [0.2, 0.25) is 0 Å². The summed E-state index contributed by atoms with van der Waals surface area (Å²) >= 11 is 0. The van der Waals surface area contributed by atoms with Crippen molar-refractivity contribution in [2.24, 2.45) is 0 Å². The van der Waals surface area contributed by atoms with Gasteiger partial charge in [0, 0.05) is 17.8 Å². The van der Waals surface area contributed by atoms with E-state index >= 15 is 0 Å². The Kier molecular flexibility index (Phi) is 3.75. The molecule has 3 nitrogen and oxygen atoms in total. The van der Waals surface area contributed by atoms with Crippen LogP contribution in [-0.4, -0.2) is 0 Å². The maximum absolute atomic E-state index is 13.8. The Bertz CT molecular complexity index is 663. The summed E-state index contributed by atoms with van der Waals surface area (Å²) in [4.78, 5) is 0. The van der Waals surface area contributed by atoms with Crippen molar-refractivity contribution >= 4 is 5.69 Å². The molecule has 4 heteroatoms. The van der Waals surface area contributed by atoms with Crippen LogP contribution in [0.15, 0.2) is 42.5 Å². The molecule has 0 heterocycles. The molecule has 0 aliphatic rings. The molecule has 0 unspecified atom stereocenters. The Morgan fingerprint density at radius 2 is 1.74 bits per heavy atom. The van der Waals surface area contributed by atoms with Crippen molar-refractivity contribution < 1.29 is 4.39 Å². The van der Waals surface area contributed by atoms with Gasteiger partial charge in [-0.05, 0) is 30.3 Å². The van der Waals surface area contributed by atoms with Crippen molar-refractivity contribution in [1.29, 1.82) is 10.5 Å². The van der Waals surface area contributed by atoms with Gasteiger partial charge in [0.2, 0.25) is 0 Å². The summed E-state index contributed by atoms with van der Waals surface area (Å²) in [6, 6.07) is 15.4. The molecule has 19 heavy (non-hydrogen) atoms. The third-order valence-electron chi connectivity index (χ3n) is 2.70. The van der Waals surface area contributed by atoms with Gasteiger partial charge in [-0.25, -0.2) is 4.39 Å². The average molecular weight is 251 g/mol. The number of nitriles is 2. The van der Waals surface area contributed by atoms with Crippen molar-refractivity contribution in [2.75, 3.05) is 5.32 Å². The van der Waals surface area contributed by atoms with Crippen LogP contribution in [0.25, 0.3) is 0 Å². The highest BCUT2D eigenvalue weighted by atomic mass is 19.1. The van der Waals surface area contributed by atoms with Crippen LogP contribution in [0.5, 0.6) is 0 Å². The van der Waals surface area contributed by atoms with E-state index < -0.39 is 5.82 Å². The van der Waals surface area contributed by atoms with Crippen LogP contribution in [0, 0.1) is 28.5 Å². The molecule has 0 atom stereocenters. The molecule has 0 saturated heterocycles. The SMILES string of the molecule is N#Cc1ccc(NCc2cccc(C#N)c2F)cc1. The molecule has 0 aliphatic heterocycles. The van der Waals surface area contributed by atoms with Crippen LogP contribution in [0.3, 0.4) is 0 Å². The van der Waals surface area contributed by atoms with Crippen molar-refractivity contribution in [3.8, 4) is 12.1 Å². The molecule has 0 aromatic heterocycles. The van der Waals surface area contributed by atoms with Crippen LogP contribution >= 0.6 is 0 Å². The normalized spacial score (nSPS) is 9.42. The van der Waals surface area contributed by atoms with E-state index in [0.717, 1.165) is 5.69 Å². The maximum atomic E-state index is 13.8. The highest BCUT2D eigenvalue weighted by Gasteiger charge is 2.06. The fourth-order valence-corrected chi connectivity index (χ4v) is 1.66. The second-order valence-corrected chi connectivity index (χ2v) is 3.93. The van der Waals surface area contributed by atoms with Crippen LogP contribution in [0.4, 0.5) is 10.1 Å². The minimum absolute atomic E-state index is 0.0409. The van der Waals surface area contributed by atoms with Gasteiger partial charge in [0.25, 0.3) is 0 Å². The van der Waals surface area contributed by atoms with Crippen LogP contribution in [-0.2, 0) is 6.54 Å². The Morgan fingerprint density at radius 3 is 2.37 bits per heavy atom. The molecule has 92 valence electrons. The highest BCUT2D eigenvalue weighted by Crippen LogP contribution is 2.15. The summed E-state index contributed by atoms with van der Waals surface area (Å²) in [5.74, 6) is -0.494. The van der Waals surface area contributed by atoms with Gasteiger partial charge in [0.05, 0.1) is 17.2 Å². The van der Waals surface area contributed by atoms with E-state index in [0.29, 0.717) is 11.1 Å². The molecule has 0 saturated carbocycles. The quantitative estimate of drug-likeness (QED) is 0.911. The summed E-state index contributed by atoms with van der Waals surface area (Å²) in [6.45, 7) is 0.285. The van der Waals surface area contributed by atoms with Crippen molar-refractivity contribution in [1.82, 2.24) is 0 Å². The minimum Gasteiger partial charge on any atom is -0.381 e. The Labute approximate surface area is 110 Å². The summed E-state index contributed by atoms with van der Waals surface area (Å²) in [6.07, 6.45) is 0. The van der Waals surface area contributed by atoms with E-state index in [1.165, 1.54) is 6.07 Å². The van der Waals surface area contributed by atoms with Crippen molar-refractivity contribution in [2.45, 2.75) is 6.54 Å². The molecular formula is C15H10FN3. The summed E-state index contributed by atoms with van der Waals surface area (Å²) in [7, 11) is 0. The van der Waals surface area contributed by atoms with Gasteiger partial charge in [-0.3, -0.25) is 0 Å². The molecular weight excluding hydrogens is 241 g/mol. The Morgan fingerprint density at radius 1 is 1.00 bits per heavy atom. The molecule has 1 N–H and O–H groups in total. The van der Waals surface area contributed by atoms with Crippen molar-refractivity contribution in [3.05, 3.63) is 65.0 Å². The number of hydrogen-bond acceptors (Lipinski definition) is 3. The highest BCUT2D eigenvalue weighted by molar-refractivity contribution is 5.48. The number of hydrogen-bond donors (Lipinski definition) is 1. The number of halogens is 1. The van der Waals surface area contributed by atoms with Gasteiger partial charge in [-0.2, -0.15) is 10.5 Å². The second kappa shape index (κ2) is 5.66. The van der Waals surface area contributed by atoms with E-state index in [2.05, 4.69) is 5.32 Å². The first-order valence-electron chi connectivity index (χ1n) is 5.66. The number of nitrogens with one attached hydrogen (secondary N) is 1. The summed E-state index contributed by atoms with van der Waals surface area (Å²) in [5, 5.41) is 20.5. The lowest BCUT2D eigenvalue weighted by Crippen LogP contribution is -2.03. The zero-order valence-electron chi connectivity index (χ0n) is 10.0. The van der Waals surface area contributed by atoms with E-state index in [4.69, 9.17) is 10.5 Å². The van der Waals surface area contributed by atoms with Gasteiger partial charge >= 0.3 is 0 Å². The average Bonchev–Trinajstić information content (AvgIpc) is 2.47. The number of rotatable bonds is 3. The first kappa shape index (κ1) is 12.6. The standard InChI is InChI=1S/C15H10FN3/c16-15-12(9-18)2-1-3-13(15)10-19-14-6-4-11(8-17)5-7-14/h1-7,19H,10H2. The van der Waals surface area contributed by atoms with Crippen molar-refractivity contribution in [3.63, 3.8) is 0 Å². The molecule has 2 rings (SSSR count). The first-order chi connectivity index (χ1) is 9.24. The van der Waals surface area contributed by atoms with Crippen LogP contribution in [0.1, 0.15) is 16.7 Å². The summed E-state index contributed by atoms with van der Waals surface area (Å²) < 4.78 is 13.8. The number of nitrogens with zero attached hydrogens (tertiary/aromatic N) is 2. The fourth-order valence-electron chi connectivity index (χ4n) is 1.66.